The molecule has 14 heteroatoms. The second-order valence-electron chi connectivity index (χ2n) is 10.6. The van der Waals surface area contributed by atoms with Gasteiger partial charge in [0, 0.05) is 35.5 Å². The Morgan fingerprint density at radius 3 is 2.49 bits per heavy atom. The number of benzene rings is 2. The number of rotatable bonds is 11. The van der Waals surface area contributed by atoms with Gasteiger partial charge in [0.2, 0.25) is 0 Å². The normalized spacial score (nSPS) is 19.4. The van der Waals surface area contributed by atoms with E-state index in [1.165, 1.54) is 29.8 Å². The molecular weight excluding hydrogens is 655 g/mol. The predicted octanol–water partition coefficient (Wildman–Crippen LogP) is 7.13. The quantitative estimate of drug-likeness (QED) is 0.0819. The molecule has 0 N–H and O–H groups in total. The summed E-state index contributed by atoms with van der Waals surface area (Å²) >= 11 is 7.74. The van der Waals surface area contributed by atoms with Crippen LogP contribution in [0.1, 0.15) is 18.8 Å². The SMILES string of the molecule is CO[C@@H](Cn1cc(-c2cc(F)c(F)c(F)c2)nn1)C(OC1COC(c2ccccc2)O[C@@H]1C)Sc1cc(Cl)cnc1-c1ccccn1. The van der Waals surface area contributed by atoms with Crippen LogP contribution in [0.3, 0.4) is 0 Å². The first-order valence-electron chi connectivity index (χ1n) is 14.6. The third-order valence-corrected chi connectivity index (χ3v) is 8.83. The molecule has 1 saturated heterocycles. The Hall–Kier alpha value is -3.85. The van der Waals surface area contributed by atoms with Crippen LogP contribution in [0.4, 0.5) is 13.2 Å². The molecule has 2 aromatic carbocycles. The van der Waals surface area contributed by atoms with E-state index in [4.69, 9.17) is 30.5 Å². The minimum absolute atomic E-state index is 0.0343. The fraction of sp³-hybridized carbons (Fsp3) is 0.273. The average Bonchev–Trinajstić information content (AvgIpc) is 3.56. The van der Waals surface area contributed by atoms with Gasteiger partial charge >= 0.3 is 0 Å². The Kier molecular flexibility index (Phi) is 10.5. The molecule has 1 fully saturated rings. The van der Waals surface area contributed by atoms with E-state index in [0.29, 0.717) is 21.3 Å². The Morgan fingerprint density at radius 2 is 1.79 bits per heavy atom. The minimum atomic E-state index is -1.56. The van der Waals surface area contributed by atoms with E-state index in [1.807, 2.05) is 55.5 Å². The van der Waals surface area contributed by atoms with Gasteiger partial charge in [0.05, 0.1) is 36.2 Å². The first-order valence-corrected chi connectivity index (χ1v) is 15.8. The van der Waals surface area contributed by atoms with Crippen LogP contribution in [0.5, 0.6) is 0 Å². The van der Waals surface area contributed by atoms with Crippen LogP contribution in [-0.2, 0) is 25.5 Å². The van der Waals surface area contributed by atoms with Gasteiger partial charge in [0.1, 0.15) is 29.0 Å². The number of thioether (sulfide) groups is 1. The lowest BCUT2D eigenvalue weighted by atomic mass is 10.1. The maximum Gasteiger partial charge on any atom is 0.194 e. The van der Waals surface area contributed by atoms with E-state index in [1.54, 1.807) is 18.5 Å². The van der Waals surface area contributed by atoms with Gasteiger partial charge in [-0.1, -0.05) is 65.0 Å². The average molecular weight is 684 g/mol. The van der Waals surface area contributed by atoms with Crippen molar-refractivity contribution in [2.75, 3.05) is 13.7 Å². The zero-order valence-corrected chi connectivity index (χ0v) is 26.7. The van der Waals surface area contributed by atoms with Gasteiger partial charge in [-0.2, -0.15) is 0 Å². The molecule has 3 unspecified atom stereocenters. The molecular formula is C33H29ClF3N5O4S. The van der Waals surface area contributed by atoms with Crippen molar-refractivity contribution >= 4 is 23.4 Å². The van der Waals surface area contributed by atoms with Crippen LogP contribution in [0.2, 0.25) is 5.02 Å². The standard InChI is InChI=1S/C33H29ClF3N5O4S/c1-19-28(18-44-32(45-19)20-8-4-3-5-9-20)46-33(47-29-14-22(34)15-39-31(29)25-10-6-7-11-38-25)27(43-2)17-42-16-26(40-41-42)21-12-23(35)30(37)24(36)13-21/h3-16,19,27-28,32-33H,17-18H2,1-2H3/t19-,27+,28?,32?,33?/m1/s1. The molecule has 1 aliphatic heterocycles. The van der Waals surface area contributed by atoms with E-state index in [9.17, 15) is 13.2 Å². The van der Waals surface area contributed by atoms with E-state index >= 15 is 0 Å². The molecule has 0 bridgehead atoms. The van der Waals surface area contributed by atoms with Crippen molar-refractivity contribution in [2.24, 2.45) is 0 Å². The van der Waals surface area contributed by atoms with Crippen LogP contribution < -0.4 is 0 Å². The smallest absolute Gasteiger partial charge is 0.194 e. The number of ether oxygens (including phenoxy) is 4. The van der Waals surface area contributed by atoms with E-state index < -0.39 is 41.4 Å². The summed E-state index contributed by atoms with van der Waals surface area (Å²) in [6.07, 6.45) is 2.65. The summed E-state index contributed by atoms with van der Waals surface area (Å²) in [5.41, 5.74) is 1.61. The number of methoxy groups -OCH3 is 1. The highest BCUT2D eigenvalue weighted by molar-refractivity contribution is 8.00. The summed E-state index contributed by atoms with van der Waals surface area (Å²) in [5, 5.41) is 8.58. The summed E-state index contributed by atoms with van der Waals surface area (Å²) in [7, 11) is 1.53. The number of hydrogen-bond donors (Lipinski definition) is 0. The summed E-state index contributed by atoms with van der Waals surface area (Å²) in [6.45, 7) is 2.28. The van der Waals surface area contributed by atoms with Crippen molar-refractivity contribution in [3.05, 3.63) is 113 Å². The van der Waals surface area contributed by atoms with E-state index in [0.717, 1.165) is 17.7 Å². The molecule has 244 valence electrons. The van der Waals surface area contributed by atoms with Gasteiger partial charge in [0.25, 0.3) is 0 Å². The predicted molar refractivity (Wildman–Crippen MR) is 169 cm³/mol. The minimum Gasteiger partial charge on any atom is -0.376 e. The van der Waals surface area contributed by atoms with E-state index in [2.05, 4.69) is 20.3 Å². The highest BCUT2D eigenvalue weighted by Gasteiger charge is 2.36. The Morgan fingerprint density at radius 1 is 1.02 bits per heavy atom. The van der Waals surface area contributed by atoms with Crippen molar-refractivity contribution in [1.29, 1.82) is 0 Å². The van der Waals surface area contributed by atoms with Crippen LogP contribution in [0.25, 0.3) is 22.6 Å². The van der Waals surface area contributed by atoms with Crippen molar-refractivity contribution in [3.8, 4) is 22.6 Å². The van der Waals surface area contributed by atoms with E-state index in [-0.39, 0.29) is 30.5 Å². The highest BCUT2D eigenvalue weighted by Crippen LogP contribution is 2.38. The molecule has 0 aliphatic carbocycles. The lowest BCUT2D eigenvalue weighted by Gasteiger charge is -2.38. The third-order valence-electron chi connectivity index (χ3n) is 7.42. The second kappa shape index (κ2) is 14.9. The topological polar surface area (TPSA) is 93.4 Å². The highest BCUT2D eigenvalue weighted by atomic mass is 35.5. The number of pyridine rings is 2. The molecule has 3 aromatic heterocycles. The Labute approximate surface area is 278 Å². The molecule has 1 aliphatic rings. The largest absolute Gasteiger partial charge is 0.376 e. The van der Waals surface area contributed by atoms with Gasteiger partial charge in [-0.15, -0.1) is 5.10 Å². The van der Waals surface area contributed by atoms with Gasteiger partial charge in [-0.05, 0) is 37.3 Å². The zero-order chi connectivity index (χ0) is 32.9. The van der Waals surface area contributed by atoms with Crippen molar-refractivity contribution in [1.82, 2.24) is 25.0 Å². The Balaban J connectivity index is 1.28. The fourth-order valence-electron chi connectivity index (χ4n) is 4.95. The number of halogens is 4. The maximum atomic E-state index is 13.9. The fourth-order valence-corrected chi connectivity index (χ4v) is 6.43. The van der Waals surface area contributed by atoms with Crippen LogP contribution in [0.15, 0.2) is 90.2 Å². The molecule has 0 saturated carbocycles. The number of hydrogen-bond acceptors (Lipinski definition) is 9. The summed E-state index contributed by atoms with van der Waals surface area (Å²) < 4.78 is 67.7. The molecule has 5 aromatic rings. The molecule has 0 radical (unpaired) electrons. The second-order valence-corrected chi connectivity index (χ2v) is 12.2. The third kappa shape index (κ3) is 7.83. The molecule has 0 amide bonds. The molecule has 47 heavy (non-hydrogen) atoms. The number of nitrogens with zero attached hydrogens (tertiary/aromatic N) is 5. The van der Waals surface area contributed by atoms with Crippen LogP contribution >= 0.6 is 23.4 Å². The van der Waals surface area contributed by atoms with Crippen LogP contribution in [-0.4, -0.2) is 62.4 Å². The molecule has 0 spiro atoms. The number of aromatic nitrogens is 5. The first-order chi connectivity index (χ1) is 22.8. The first kappa shape index (κ1) is 33.1. The van der Waals surface area contributed by atoms with Gasteiger partial charge in [-0.3, -0.25) is 9.97 Å². The van der Waals surface area contributed by atoms with Crippen molar-refractivity contribution < 1.29 is 32.1 Å². The maximum absolute atomic E-state index is 13.9. The summed E-state index contributed by atoms with van der Waals surface area (Å²) in [5.74, 6) is -4.21. The van der Waals surface area contributed by atoms with Crippen LogP contribution in [0, 0.1) is 17.5 Å². The zero-order valence-electron chi connectivity index (χ0n) is 25.2. The molecule has 4 heterocycles. The lowest BCUT2D eigenvalue weighted by molar-refractivity contribution is -0.267. The molecule has 5 atom stereocenters. The van der Waals surface area contributed by atoms with Gasteiger partial charge in [-0.25, -0.2) is 17.9 Å². The monoisotopic (exact) mass is 683 g/mol. The molecule has 6 rings (SSSR count). The summed E-state index contributed by atoms with van der Waals surface area (Å²) in [6, 6.07) is 18.7. The van der Waals surface area contributed by atoms with Gasteiger partial charge < -0.3 is 18.9 Å². The lowest BCUT2D eigenvalue weighted by Crippen LogP contribution is -2.45. The van der Waals surface area contributed by atoms with Crippen molar-refractivity contribution in [2.45, 2.75) is 48.4 Å². The van der Waals surface area contributed by atoms with Crippen molar-refractivity contribution in [3.63, 3.8) is 0 Å². The molecule has 9 nitrogen and oxygen atoms in total. The Bertz CT molecular complexity index is 1780. The van der Waals surface area contributed by atoms with Gasteiger partial charge in [0.15, 0.2) is 23.7 Å². The summed E-state index contributed by atoms with van der Waals surface area (Å²) in [4.78, 5) is 9.71.